The van der Waals surface area contributed by atoms with E-state index in [1.807, 2.05) is 83.2 Å². The highest BCUT2D eigenvalue weighted by molar-refractivity contribution is 7.88. The monoisotopic (exact) mass is 696 g/mol. The summed E-state index contributed by atoms with van der Waals surface area (Å²) in [5.41, 5.74) is 3.64. The summed E-state index contributed by atoms with van der Waals surface area (Å²) < 4.78 is 154. The Morgan fingerprint density at radius 2 is 1.28 bits per heavy atom. The Balaban J connectivity index is 0.00000294. The molecule has 0 spiro atoms. The van der Waals surface area contributed by atoms with E-state index in [4.69, 9.17) is 4.74 Å². The van der Waals surface area contributed by atoms with Gasteiger partial charge in [0.15, 0.2) is 0 Å². The highest BCUT2D eigenvalue weighted by atomic mass is 32.2. The lowest BCUT2D eigenvalue weighted by Gasteiger charge is -2.32. The zero-order valence-corrected chi connectivity index (χ0v) is 26.8. The first kappa shape index (κ1) is 37.8. The van der Waals surface area contributed by atoms with Crippen molar-refractivity contribution in [1.29, 1.82) is 0 Å². The highest BCUT2D eigenvalue weighted by Gasteiger charge is 2.86. The maximum absolute atomic E-state index is 14.2. The quantitative estimate of drug-likeness (QED) is 0.174. The van der Waals surface area contributed by atoms with Crippen LogP contribution in [-0.4, -0.2) is 37.3 Å². The van der Waals surface area contributed by atoms with Crippen molar-refractivity contribution in [2.75, 3.05) is 0 Å². The van der Waals surface area contributed by atoms with Gasteiger partial charge in [-0.3, -0.25) is 0 Å². The van der Waals surface area contributed by atoms with Gasteiger partial charge >= 0.3 is 33.4 Å². The summed E-state index contributed by atoms with van der Waals surface area (Å²) in [6, 6.07) is 19.0. The van der Waals surface area contributed by atoms with Crippen molar-refractivity contribution in [3.8, 4) is 11.5 Å². The molecule has 0 saturated carbocycles. The van der Waals surface area contributed by atoms with Crippen molar-refractivity contribution in [1.82, 2.24) is 0 Å². The van der Waals surface area contributed by atoms with Gasteiger partial charge in [-0.25, -0.2) is 0 Å². The Morgan fingerprint density at radius 3 is 1.81 bits per heavy atom. The first-order valence-corrected chi connectivity index (χ1v) is 15.8. The van der Waals surface area contributed by atoms with E-state index in [0.717, 1.165) is 34.4 Å². The molecule has 0 radical (unpaired) electrons. The minimum absolute atomic E-state index is 0.403. The van der Waals surface area contributed by atoms with Crippen molar-refractivity contribution in [2.24, 2.45) is 0 Å². The van der Waals surface area contributed by atoms with Gasteiger partial charge in [-0.05, 0) is 85.7 Å². The third-order valence-electron chi connectivity index (χ3n) is 6.97. The van der Waals surface area contributed by atoms with Crippen LogP contribution < -0.4 is 8.92 Å². The average Bonchev–Trinajstić information content (AvgIpc) is 3.17. The molecule has 0 heterocycles. The van der Waals surface area contributed by atoms with E-state index in [1.165, 1.54) is 12.1 Å². The molecular weight excluding hydrogens is 663 g/mol. The van der Waals surface area contributed by atoms with Crippen molar-refractivity contribution in [3.63, 3.8) is 0 Å². The Morgan fingerprint density at radius 1 is 0.723 bits per heavy atom. The van der Waals surface area contributed by atoms with Gasteiger partial charge < -0.3 is 8.92 Å². The van der Waals surface area contributed by atoms with Crippen LogP contribution in [0, 0.1) is 0 Å². The van der Waals surface area contributed by atoms with Gasteiger partial charge in [0.25, 0.3) is 0 Å². The number of alkyl halides is 9. The molecule has 1 aliphatic rings. The fraction of sp³-hybridized carbons (Fsp3) is 0.394. The number of fused-ring (bicyclic) bond motifs is 1. The van der Waals surface area contributed by atoms with Crippen molar-refractivity contribution in [3.05, 3.63) is 101 Å². The van der Waals surface area contributed by atoms with Crippen LogP contribution in [0.4, 0.5) is 39.5 Å². The molecule has 0 N–H and O–H groups in total. The van der Waals surface area contributed by atoms with E-state index in [-0.39, 0.29) is 0 Å². The molecule has 14 heteroatoms. The van der Waals surface area contributed by atoms with E-state index in [9.17, 15) is 47.9 Å². The average molecular weight is 697 g/mol. The lowest BCUT2D eigenvalue weighted by molar-refractivity contribution is -0.382. The molecule has 0 bridgehead atoms. The normalized spacial score (nSPS) is 16.2. The molecule has 1 unspecified atom stereocenters. The van der Waals surface area contributed by atoms with Gasteiger partial charge in [-0.2, -0.15) is 47.9 Å². The third-order valence-corrected chi connectivity index (χ3v) is 8.27. The zero-order chi connectivity index (χ0) is 35.6. The molecule has 4 nitrogen and oxygen atoms in total. The van der Waals surface area contributed by atoms with Crippen LogP contribution in [0.3, 0.4) is 0 Å². The molecule has 0 aromatic heterocycles. The summed E-state index contributed by atoms with van der Waals surface area (Å²) in [4.78, 5) is 0. The van der Waals surface area contributed by atoms with Crippen LogP contribution in [0.5, 0.6) is 11.5 Å². The minimum atomic E-state index is -7.39. The number of allylic oxidation sites excluding steroid dienone is 2. The number of ether oxygens (including phenoxy) is 1. The molecule has 0 saturated heterocycles. The van der Waals surface area contributed by atoms with Crippen molar-refractivity contribution >= 4 is 15.7 Å². The number of rotatable bonds is 8. The van der Waals surface area contributed by atoms with Crippen LogP contribution >= 0.6 is 0 Å². The van der Waals surface area contributed by atoms with Crippen LogP contribution in [0.1, 0.15) is 69.2 Å². The highest BCUT2D eigenvalue weighted by Crippen LogP contribution is 2.55. The van der Waals surface area contributed by atoms with E-state index >= 15 is 0 Å². The van der Waals surface area contributed by atoms with Crippen molar-refractivity contribution < 1.29 is 56.9 Å². The number of benzene rings is 3. The maximum Gasteiger partial charge on any atom is 0.460 e. The third kappa shape index (κ3) is 7.73. The van der Waals surface area contributed by atoms with E-state index < -0.39 is 50.7 Å². The summed E-state index contributed by atoms with van der Waals surface area (Å²) in [7, 11) is -7.06. The Hall–Kier alpha value is -3.68. The molecule has 1 atom stereocenters. The van der Waals surface area contributed by atoms with Gasteiger partial charge in [-0.1, -0.05) is 68.5 Å². The Labute approximate surface area is 267 Å². The molecule has 47 heavy (non-hydrogen) atoms. The van der Waals surface area contributed by atoms with E-state index in [2.05, 4.69) is 4.18 Å². The van der Waals surface area contributed by atoms with Crippen molar-refractivity contribution in [2.45, 2.75) is 82.3 Å². The fourth-order valence-electron chi connectivity index (χ4n) is 4.80. The smallest absolute Gasteiger partial charge is 0.460 e. The topological polar surface area (TPSA) is 52.6 Å². The largest absolute Gasteiger partial charge is 0.488 e. The summed E-state index contributed by atoms with van der Waals surface area (Å²) in [6.45, 7) is 9.66. The van der Waals surface area contributed by atoms with Gasteiger partial charge in [-0.15, -0.1) is 0 Å². The molecule has 4 rings (SSSR count). The zero-order valence-electron chi connectivity index (χ0n) is 25.9. The second kappa shape index (κ2) is 13.4. The van der Waals surface area contributed by atoms with Gasteiger partial charge in [0.2, 0.25) is 0 Å². The standard InChI is InChI=1S/C31H27F9O4S.C2H6/c1-27(2,3)43-24-15-16-25-22(17-24)10-9-21(19-7-5-4-6-8-19)18-26(25)20-11-13-23(14-12-20)44-45(41,42)31(39,40)29(34,35)28(32,33)30(36,37)38;1-2/h4-9,11-17,26H,10,18H2,1-3H3;1-2H3. The molecule has 3 aromatic rings. The maximum atomic E-state index is 14.2. The van der Waals surface area contributed by atoms with Crippen LogP contribution in [0.15, 0.2) is 78.9 Å². The minimum Gasteiger partial charge on any atom is -0.488 e. The number of hydrogen-bond acceptors (Lipinski definition) is 4. The molecule has 3 aromatic carbocycles. The first-order valence-electron chi connectivity index (χ1n) is 14.4. The molecule has 258 valence electrons. The van der Waals surface area contributed by atoms with Crippen LogP contribution in [-0.2, 0) is 16.5 Å². The lowest BCUT2D eigenvalue weighted by Crippen LogP contribution is -2.63. The summed E-state index contributed by atoms with van der Waals surface area (Å²) in [6.07, 6.45) is -4.20. The van der Waals surface area contributed by atoms with Gasteiger partial charge in [0.05, 0.1) is 0 Å². The molecular formula is C33H33F9O4S. The fourth-order valence-corrected chi connectivity index (χ4v) is 5.71. The molecule has 1 aliphatic carbocycles. The van der Waals surface area contributed by atoms with Gasteiger partial charge in [0.1, 0.15) is 17.1 Å². The first-order chi connectivity index (χ1) is 21.6. The number of hydrogen-bond donors (Lipinski definition) is 0. The van der Waals surface area contributed by atoms with Crippen LogP contribution in [0.25, 0.3) is 5.57 Å². The summed E-state index contributed by atoms with van der Waals surface area (Å²) in [5.74, 6) is -15.6. The number of halogens is 9. The molecule has 0 fully saturated rings. The second-order valence-corrected chi connectivity index (χ2v) is 13.0. The lowest BCUT2D eigenvalue weighted by atomic mass is 9.84. The Kier molecular flexibility index (Phi) is 10.8. The van der Waals surface area contributed by atoms with E-state index in [0.29, 0.717) is 24.2 Å². The van der Waals surface area contributed by atoms with Crippen LogP contribution in [0.2, 0.25) is 0 Å². The summed E-state index contributed by atoms with van der Waals surface area (Å²) in [5, 5.41) is -6.96. The molecule has 0 aliphatic heterocycles. The Bertz CT molecular complexity index is 1660. The predicted octanol–water partition coefficient (Wildman–Crippen LogP) is 10.2. The van der Waals surface area contributed by atoms with Gasteiger partial charge in [0, 0.05) is 5.92 Å². The summed E-state index contributed by atoms with van der Waals surface area (Å²) >= 11 is 0. The van der Waals surface area contributed by atoms with E-state index in [1.54, 1.807) is 6.07 Å². The second-order valence-electron chi connectivity index (χ2n) is 11.4. The molecule has 0 amide bonds. The SMILES string of the molecule is CC.CC(C)(C)Oc1ccc2c(c1)CC=C(c1ccccc1)CC2c1ccc(OS(=O)(=O)C(F)(F)C(F)(F)C(F)(F)C(F)(F)F)cc1. The predicted molar refractivity (Wildman–Crippen MR) is 160 cm³/mol.